The van der Waals surface area contributed by atoms with Crippen LogP contribution in [0.15, 0.2) is 48.5 Å². The van der Waals surface area contributed by atoms with Crippen molar-refractivity contribution in [2.75, 3.05) is 63.9 Å². The van der Waals surface area contributed by atoms with E-state index < -0.39 is 17.6 Å². The fraction of sp³-hybridized carbons (Fsp3) is 0.516. The zero-order valence-electron chi connectivity index (χ0n) is 23.6. The van der Waals surface area contributed by atoms with Crippen LogP contribution in [0.1, 0.15) is 52.0 Å². The van der Waals surface area contributed by atoms with Crippen LogP contribution in [0.4, 0.5) is 18.9 Å². The van der Waals surface area contributed by atoms with Crippen molar-refractivity contribution in [3.8, 4) is 0 Å². The second kappa shape index (κ2) is 13.2. The van der Waals surface area contributed by atoms with Crippen LogP contribution in [-0.4, -0.2) is 92.5 Å². The van der Waals surface area contributed by atoms with Crippen molar-refractivity contribution in [1.82, 2.24) is 15.1 Å². The number of nitrogens with one attached hydrogen (secondary N) is 1. The molecule has 226 valence electrons. The monoisotopic (exact) mass is 586 g/mol. The Balaban J connectivity index is 1.03. The van der Waals surface area contributed by atoms with E-state index in [9.17, 15) is 27.6 Å². The first-order valence-electron chi connectivity index (χ1n) is 14.6. The van der Waals surface area contributed by atoms with E-state index in [0.29, 0.717) is 44.3 Å². The number of carbonyl (C=O) groups is 3. The summed E-state index contributed by atoms with van der Waals surface area (Å²) in [5.41, 5.74) is 0.799. The molecule has 0 aliphatic carbocycles. The summed E-state index contributed by atoms with van der Waals surface area (Å²) < 4.78 is 44.1. The van der Waals surface area contributed by atoms with Crippen molar-refractivity contribution < 1.29 is 32.3 Å². The lowest BCUT2D eigenvalue weighted by molar-refractivity contribution is -0.137. The molecule has 0 radical (unpaired) electrons. The molecular formula is C31H37F3N4O4. The molecule has 3 heterocycles. The highest BCUT2D eigenvalue weighted by molar-refractivity contribution is 5.97. The number of benzene rings is 2. The number of piperidine rings is 1. The minimum atomic E-state index is -4.53. The summed E-state index contributed by atoms with van der Waals surface area (Å²) in [6, 6.07) is 12.5. The molecule has 3 fully saturated rings. The number of nitrogens with zero attached hydrogens (tertiary/aromatic N) is 3. The average molecular weight is 587 g/mol. The standard InChI is InChI=1S/C31H37F3N4O4/c32-31(33,34)25-3-1-2-24(19-25)29(40)35-20-28(39)18-22-8-11-38(21-22)27-9-12-36(13-10-27)26-6-4-23(5-7-26)30(41)37-14-16-42-17-15-37/h1-7,19,22,27H,8-18,20-21H2,(H,35,40)/t22-/m1/s1. The summed E-state index contributed by atoms with van der Waals surface area (Å²) in [7, 11) is 0. The van der Waals surface area contributed by atoms with Gasteiger partial charge in [-0.15, -0.1) is 0 Å². The zero-order valence-corrected chi connectivity index (χ0v) is 23.6. The maximum atomic E-state index is 12.9. The van der Waals surface area contributed by atoms with Gasteiger partial charge in [-0.25, -0.2) is 0 Å². The molecule has 0 bridgehead atoms. The molecule has 2 aromatic carbocycles. The number of ketones is 1. The number of hydrogen-bond acceptors (Lipinski definition) is 6. The lowest BCUT2D eigenvalue weighted by atomic mass is 10.0. The van der Waals surface area contributed by atoms with Crippen LogP contribution in [0, 0.1) is 5.92 Å². The first-order chi connectivity index (χ1) is 20.2. The van der Waals surface area contributed by atoms with Crippen LogP contribution in [-0.2, 0) is 15.7 Å². The van der Waals surface area contributed by atoms with Gasteiger partial charge in [0.25, 0.3) is 11.8 Å². The largest absolute Gasteiger partial charge is 0.416 e. The summed E-state index contributed by atoms with van der Waals surface area (Å²) in [5, 5.41) is 2.47. The number of halogens is 3. The van der Waals surface area contributed by atoms with E-state index in [0.717, 1.165) is 63.3 Å². The quantitative estimate of drug-likeness (QED) is 0.506. The number of likely N-dealkylation sites (tertiary alicyclic amines) is 1. The van der Waals surface area contributed by atoms with E-state index in [1.165, 1.54) is 12.1 Å². The third-order valence-corrected chi connectivity index (χ3v) is 8.49. The maximum absolute atomic E-state index is 12.9. The van der Waals surface area contributed by atoms with Gasteiger partial charge in [0.15, 0.2) is 5.78 Å². The third kappa shape index (κ3) is 7.49. The molecule has 1 N–H and O–H groups in total. The fourth-order valence-corrected chi connectivity index (χ4v) is 6.13. The second-order valence-electron chi connectivity index (χ2n) is 11.3. The highest BCUT2D eigenvalue weighted by Crippen LogP contribution is 2.30. The lowest BCUT2D eigenvalue weighted by Gasteiger charge is -2.38. The maximum Gasteiger partial charge on any atom is 0.416 e. The van der Waals surface area contributed by atoms with Gasteiger partial charge >= 0.3 is 6.18 Å². The Kier molecular flexibility index (Phi) is 9.47. The predicted molar refractivity (Wildman–Crippen MR) is 151 cm³/mol. The summed E-state index contributed by atoms with van der Waals surface area (Å²) in [6.07, 6.45) is -1.25. The summed E-state index contributed by atoms with van der Waals surface area (Å²) in [6.45, 7) is 5.81. The van der Waals surface area contributed by atoms with Gasteiger partial charge < -0.3 is 19.9 Å². The first kappa shape index (κ1) is 30.0. The second-order valence-corrected chi connectivity index (χ2v) is 11.3. The molecule has 0 unspecified atom stereocenters. The van der Waals surface area contributed by atoms with Gasteiger partial charge in [-0.05, 0) is 74.2 Å². The number of ether oxygens (including phenoxy) is 1. The van der Waals surface area contributed by atoms with Crippen molar-refractivity contribution >= 4 is 23.3 Å². The minimum Gasteiger partial charge on any atom is -0.378 e. The van der Waals surface area contributed by atoms with Gasteiger partial charge in [-0.3, -0.25) is 19.3 Å². The van der Waals surface area contributed by atoms with E-state index in [1.807, 2.05) is 29.2 Å². The van der Waals surface area contributed by atoms with E-state index >= 15 is 0 Å². The van der Waals surface area contributed by atoms with Crippen LogP contribution >= 0.6 is 0 Å². The van der Waals surface area contributed by atoms with Crippen LogP contribution in [0.25, 0.3) is 0 Å². The van der Waals surface area contributed by atoms with E-state index in [-0.39, 0.29) is 29.7 Å². The summed E-state index contributed by atoms with van der Waals surface area (Å²) in [5.74, 6) is -0.554. The molecule has 0 saturated carbocycles. The van der Waals surface area contributed by atoms with Crippen LogP contribution in [0.5, 0.6) is 0 Å². The SMILES string of the molecule is O=C(CNC(=O)c1cccc(C(F)(F)F)c1)C[C@H]1CCN(C2CCN(c3ccc(C(=O)N4CCOCC4)cc3)CC2)C1. The van der Waals surface area contributed by atoms with Crippen molar-refractivity contribution in [2.45, 2.75) is 37.9 Å². The number of rotatable bonds is 8. The van der Waals surface area contributed by atoms with Gasteiger partial charge in [-0.2, -0.15) is 13.2 Å². The van der Waals surface area contributed by atoms with Gasteiger partial charge in [-0.1, -0.05) is 6.07 Å². The fourth-order valence-electron chi connectivity index (χ4n) is 6.13. The molecule has 1 atom stereocenters. The smallest absolute Gasteiger partial charge is 0.378 e. The molecule has 5 rings (SSSR count). The van der Waals surface area contributed by atoms with E-state index in [4.69, 9.17) is 4.74 Å². The molecule has 3 saturated heterocycles. The Bertz CT molecular complexity index is 1260. The average Bonchev–Trinajstić information content (AvgIpc) is 3.48. The van der Waals surface area contributed by atoms with Gasteiger partial charge in [0.05, 0.1) is 25.3 Å². The normalized spacial score (nSPS) is 20.5. The van der Waals surface area contributed by atoms with Crippen LogP contribution in [0.3, 0.4) is 0 Å². The van der Waals surface area contributed by atoms with Crippen molar-refractivity contribution in [3.63, 3.8) is 0 Å². The van der Waals surface area contributed by atoms with Crippen molar-refractivity contribution in [3.05, 3.63) is 65.2 Å². The molecule has 2 aromatic rings. The Hall–Kier alpha value is -3.44. The number of hydrogen-bond donors (Lipinski definition) is 1. The van der Waals surface area contributed by atoms with Gasteiger partial charge in [0, 0.05) is 62.0 Å². The van der Waals surface area contributed by atoms with Crippen LogP contribution < -0.4 is 10.2 Å². The Morgan fingerprint density at radius 2 is 1.60 bits per heavy atom. The Morgan fingerprint density at radius 3 is 2.29 bits per heavy atom. The Labute approximate surface area is 243 Å². The van der Waals surface area contributed by atoms with Crippen LogP contribution in [0.2, 0.25) is 0 Å². The molecule has 8 nitrogen and oxygen atoms in total. The highest BCUT2D eigenvalue weighted by atomic mass is 19.4. The lowest BCUT2D eigenvalue weighted by Crippen LogP contribution is -2.44. The van der Waals surface area contributed by atoms with E-state index in [1.54, 1.807) is 0 Å². The van der Waals surface area contributed by atoms with Crippen molar-refractivity contribution in [1.29, 1.82) is 0 Å². The molecule has 2 amide bonds. The molecular weight excluding hydrogens is 549 g/mol. The van der Waals surface area contributed by atoms with Gasteiger partial charge in [0.1, 0.15) is 0 Å². The molecule has 3 aliphatic heterocycles. The topological polar surface area (TPSA) is 82.2 Å². The predicted octanol–water partition coefficient (Wildman–Crippen LogP) is 3.86. The highest BCUT2D eigenvalue weighted by Gasteiger charge is 2.33. The first-order valence-corrected chi connectivity index (χ1v) is 14.6. The van der Waals surface area contributed by atoms with Crippen molar-refractivity contribution in [2.24, 2.45) is 5.92 Å². The zero-order chi connectivity index (χ0) is 29.7. The molecule has 42 heavy (non-hydrogen) atoms. The number of morpholine rings is 1. The molecule has 11 heteroatoms. The summed E-state index contributed by atoms with van der Waals surface area (Å²) in [4.78, 5) is 44.2. The van der Waals surface area contributed by atoms with E-state index in [2.05, 4.69) is 15.1 Å². The number of Topliss-reactive ketones (excluding diaryl/α,β-unsaturated/α-hetero) is 1. The molecule has 0 aromatic heterocycles. The molecule has 3 aliphatic rings. The number of alkyl halides is 3. The van der Waals surface area contributed by atoms with Gasteiger partial charge in [0.2, 0.25) is 0 Å². The summed E-state index contributed by atoms with van der Waals surface area (Å²) >= 11 is 0. The number of anilines is 1. The minimum absolute atomic E-state index is 0.0451. The number of carbonyl (C=O) groups excluding carboxylic acids is 3. The third-order valence-electron chi connectivity index (χ3n) is 8.49. The molecule has 0 spiro atoms. The number of amides is 2. The Morgan fingerprint density at radius 1 is 0.881 bits per heavy atom.